The molecule has 0 aliphatic heterocycles. The van der Waals surface area contributed by atoms with Crippen molar-refractivity contribution >= 4 is 11.6 Å². The molecule has 1 aromatic heterocycles. The van der Waals surface area contributed by atoms with Gasteiger partial charge in [-0.2, -0.15) is 0 Å². The minimum absolute atomic E-state index is 0.107. The van der Waals surface area contributed by atoms with E-state index in [1.165, 1.54) is 12.1 Å². The summed E-state index contributed by atoms with van der Waals surface area (Å²) in [6, 6.07) is 11.3. The number of pyridine rings is 1. The van der Waals surface area contributed by atoms with Crippen LogP contribution in [0.2, 0.25) is 0 Å². The van der Waals surface area contributed by atoms with E-state index in [1.54, 1.807) is 23.2 Å². The summed E-state index contributed by atoms with van der Waals surface area (Å²) in [4.78, 5) is 17.9. The molecule has 1 amide bonds. The molecule has 0 saturated heterocycles. The van der Waals surface area contributed by atoms with Gasteiger partial charge in [0.05, 0.1) is 12.2 Å². The molecule has 1 aromatic carbocycles. The first-order chi connectivity index (χ1) is 9.70. The monoisotopic (exact) mass is 273 g/mol. The van der Waals surface area contributed by atoms with Gasteiger partial charge >= 0.3 is 0 Å². The van der Waals surface area contributed by atoms with Crippen LogP contribution in [-0.4, -0.2) is 17.4 Å². The van der Waals surface area contributed by atoms with Gasteiger partial charge < -0.3 is 10.6 Å². The number of hydrogen-bond acceptors (Lipinski definition) is 3. The van der Waals surface area contributed by atoms with Gasteiger partial charge in [0.2, 0.25) is 5.91 Å². The van der Waals surface area contributed by atoms with Crippen LogP contribution < -0.4 is 10.6 Å². The highest BCUT2D eigenvalue weighted by Gasteiger charge is 2.16. The van der Waals surface area contributed by atoms with Gasteiger partial charge in [-0.3, -0.25) is 9.78 Å². The Labute approximate surface area is 117 Å². The third-order valence-electron chi connectivity index (χ3n) is 2.84. The average molecular weight is 273 g/mol. The third kappa shape index (κ3) is 3.61. The Hall–Kier alpha value is -2.27. The Morgan fingerprint density at radius 1 is 1.20 bits per heavy atom. The number of benzene rings is 1. The zero-order valence-corrected chi connectivity index (χ0v) is 11.0. The highest BCUT2D eigenvalue weighted by molar-refractivity contribution is 5.93. The van der Waals surface area contributed by atoms with Crippen molar-refractivity contribution in [1.29, 1.82) is 0 Å². The number of hydrogen-bond donors (Lipinski definition) is 1. The third-order valence-corrected chi connectivity index (χ3v) is 2.84. The number of anilines is 1. The van der Waals surface area contributed by atoms with Crippen molar-refractivity contribution in [3.8, 4) is 0 Å². The van der Waals surface area contributed by atoms with E-state index in [4.69, 9.17) is 5.73 Å². The van der Waals surface area contributed by atoms with Gasteiger partial charge in [0.25, 0.3) is 0 Å². The molecule has 0 bridgehead atoms. The lowest BCUT2D eigenvalue weighted by Crippen LogP contribution is -2.32. The quantitative estimate of drug-likeness (QED) is 0.907. The number of amides is 1. The first kappa shape index (κ1) is 14.1. The predicted octanol–water partition coefficient (Wildman–Crippen LogP) is 2.10. The fourth-order valence-corrected chi connectivity index (χ4v) is 1.86. The second-order valence-corrected chi connectivity index (χ2v) is 4.32. The highest BCUT2D eigenvalue weighted by Crippen LogP contribution is 2.18. The summed E-state index contributed by atoms with van der Waals surface area (Å²) in [5.41, 5.74) is 6.84. The first-order valence-corrected chi connectivity index (χ1v) is 6.36. The smallest absolute Gasteiger partial charge is 0.228 e. The minimum Gasteiger partial charge on any atom is -0.330 e. The van der Waals surface area contributed by atoms with Crippen LogP contribution in [0.1, 0.15) is 12.1 Å². The molecular formula is C15H16FN3O. The van der Waals surface area contributed by atoms with Crippen LogP contribution in [-0.2, 0) is 11.3 Å². The molecule has 0 atom stereocenters. The second kappa shape index (κ2) is 6.77. The van der Waals surface area contributed by atoms with Crippen molar-refractivity contribution < 1.29 is 9.18 Å². The molecule has 0 spiro atoms. The van der Waals surface area contributed by atoms with Gasteiger partial charge in [-0.15, -0.1) is 0 Å². The van der Waals surface area contributed by atoms with E-state index in [0.29, 0.717) is 12.2 Å². The van der Waals surface area contributed by atoms with Crippen molar-refractivity contribution in [3.63, 3.8) is 0 Å². The Morgan fingerprint density at radius 2 is 1.95 bits per heavy atom. The molecule has 0 saturated carbocycles. The van der Waals surface area contributed by atoms with E-state index in [1.807, 2.05) is 18.2 Å². The Bertz CT molecular complexity index is 557. The van der Waals surface area contributed by atoms with Crippen molar-refractivity contribution in [2.24, 2.45) is 5.73 Å². The molecule has 0 aliphatic carbocycles. The van der Waals surface area contributed by atoms with Crippen molar-refractivity contribution in [1.82, 2.24) is 4.98 Å². The fraction of sp³-hybridized carbons (Fsp3) is 0.200. The van der Waals surface area contributed by atoms with Crippen LogP contribution >= 0.6 is 0 Å². The highest BCUT2D eigenvalue weighted by atomic mass is 19.1. The van der Waals surface area contributed by atoms with Crippen LogP contribution in [0.15, 0.2) is 48.7 Å². The molecular weight excluding hydrogens is 257 g/mol. The van der Waals surface area contributed by atoms with Gasteiger partial charge in [0, 0.05) is 24.8 Å². The molecule has 0 radical (unpaired) electrons. The number of aromatic nitrogens is 1. The molecule has 5 heteroatoms. The molecule has 2 aromatic rings. The van der Waals surface area contributed by atoms with Crippen molar-refractivity contribution in [3.05, 3.63) is 60.2 Å². The van der Waals surface area contributed by atoms with Gasteiger partial charge in [-0.25, -0.2) is 4.39 Å². The van der Waals surface area contributed by atoms with E-state index >= 15 is 0 Å². The Balaban J connectivity index is 2.25. The number of carbonyl (C=O) groups is 1. The van der Waals surface area contributed by atoms with Crippen LogP contribution in [0.5, 0.6) is 0 Å². The zero-order valence-electron chi connectivity index (χ0n) is 11.0. The maximum absolute atomic E-state index is 13.0. The SMILES string of the molecule is NCCC(=O)N(Cc1ccccn1)c1ccc(F)cc1. The lowest BCUT2D eigenvalue weighted by atomic mass is 10.2. The maximum atomic E-state index is 13.0. The summed E-state index contributed by atoms with van der Waals surface area (Å²) in [5.74, 6) is -0.442. The van der Waals surface area contributed by atoms with Crippen LogP contribution in [0.3, 0.4) is 0 Å². The Kier molecular flexibility index (Phi) is 4.79. The molecule has 0 fully saturated rings. The zero-order chi connectivity index (χ0) is 14.4. The van der Waals surface area contributed by atoms with Crippen molar-refractivity contribution in [2.45, 2.75) is 13.0 Å². The predicted molar refractivity (Wildman–Crippen MR) is 75.5 cm³/mol. The van der Waals surface area contributed by atoms with E-state index in [9.17, 15) is 9.18 Å². The summed E-state index contributed by atoms with van der Waals surface area (Å²) >= 11 is 0. The Morgan fingerprint density at radius 3 is 2.55 bits per heavy atom. The normalized spacial score (nSPS) is 10.3. The van der Waals surface area contributed by atoms with Gasteiger partial charge in [0.1, 0.15) is 5.82 Å². The van der Waals surface area contributed by atoms with E-state index in [-0.39, 0.29) is 24.7 Å². The molecule has 1 heterocycles. The number of nitrogens with two attached hydrogens (primary N) is 1. The standard InChI is InChI=1S/C15H16FN3O/c16-12-4-6-14(7-5-12)19(15(20)8-9-17)11-13-3-1-2-10-18-13/h1-7,10H,8-9,11,17H2. The molecule has 104 valence electrons. The van der Waals surface area contributed by atoms with Crippen LogP contribution in [0, 0.1) is 5.82 Å². The van der Waals surface area contributed by atoms with Crippen LogP contribution in [0.25, 0.3) is 0 Å². The molecule has 2 rings (SSSR count). The molecule has 4 nitrogen and oxygen atoms in total. The van der Waals surface area contributed by atoms with E-state index < -0.39 is 0 Å². The lowest BCUT2D eigenvalue weighted by Gasteiger charge is -2.22. The van der Waals surface area contributed by atoms with Gasteiger partial charge in [0.15, 0.2) is 0 Å². The van der Waals surface area contributed by atoms with Gasteiger partial charge in [-0.05, 0) is 36.4 Å². The number of carbonyl (C=O) groups excluding carboxylic acids is 1. The summed E-state index contributed by atoms with van der Waals surface area (Å²) < 4.78 is 13.0. The van der Waals surface area contributed by atoms with Gasteiger partial charge in [-0.1, -0.05) is 6.07 Å². The minimum atomic E-state index is -0.335. The first-order valence-electron chi connectivity index (χ1n) is 6.36. The number of rotatable bonds is 5. The molecule has 20 heavy (non-hydrogen) atoms. The average Bonchev–Trinajstić information content (AvgIpc) is 2.47. The summed E-state index contributed by atoms with van der Waals surface area (Å²) in [6.07, 6.45) is 1.91. The van der Waals surface area contributed by atoms with E-state index in [0.717, 1.165) is 5.69 Å². The van der Waals surface area contributed by atoms with E-state index in [2.05, 4.69) is 4.98 Å². The second-order valence-electron chi connectivity index (χ2n) is 4.32. The number of nitrogens with zero attached hydrogens (tertiary/aromatic N) is 2. The van der Waals surface area contributed by atoms with Crippen LogP contribution in [0.4, 0.5) is 10.1 Å². The molecule has 0 unspecified atom stereocenters. The fourth-order valence-electron chi connectivity index (χ4n) is 1.86. The topological polar surface area (TPSA) is 59.2 Å². The number of halogens is 1. The maximum Gasteiger partial charge on any atom is 0.228 e. The largest absolute Gasteiger partial charge is 0.330 e. The summed E-state index contributed by atoms with van der Waals surface area (Å²) in [6.45, 7) is 0.615. The molecule has 0 aliphatic rings. The van der Waals surface area contributed by atoms with Crippen molar-refractivity contribution in [2.75, 3.05) is 11.4 Å². The summed E-state index contributed by atoms with van der Waals surface area (Å²) in [7, 11) is 0. The summed E-state index contributed by atoms with van der Waals surface area (Å²) in [5, 5.41) is 0. The lowest BCUT2D eigenvalue weighted by molar-refractivity contribution is -0.118. The molecule has 2 N–H and O–H groups in total.